The predicted octanol–water partition coefficient (Wildman–Crippen LogP) is 2.84. The van der Waals surface area contributed by atoms with Gasteiger partial charge in [-0.05, 0) is 23.9 Å². The van der Waals surface area contributed by atoms with Crippen molar-refractivity contribution in [3.8, 4) is 5.75 Å². The van der Waals surface area contributed by atoms with Crippen LogP contribution in [0.15, 0.2) is 30.3 Å². The van der Waals surface area contributed by atoms with Crippen LogP contribution in [0, 0.1) is 0 Å². The van der Waals surface area contributed by atoms with E-state index in [1.807, 2.05) is 6.07 Å². The van der Waals surface area contributed by atoms with Crippen LogP contribution in [-0.2, 0) is 25.6 Å². The lowest BCUT2D eigenvalue weighted by molar-refractivity contribution is -0.131. The fourth-order valence-corrected chi connectivity index (χ4v) is 3.54. The normalized spacial score (nSPS) is 11.2. The van der Waals surface area contributed by atoms with Gasteiger partial charge in [0.25, 0.3) is 0 Å². The zero-order chi connectivity index (χ0) is 12.7. The molecule has 1 rings (SSSR count). The fourth-order valence-electron chi connectivity index (χ4n) is 0.961. The van der Waals surface area contributed by atoms with Gasteiger partial charge >= 0.3 is 5.97 Å². The van der Waals surface area contributed by atoms with Crippen molar-refractivity contribution in [3.05, 3.63) is 30.3 Å². The molecule has 0 N–H and O–H groups in total. The van der Waals surface area contributed by atoms with Crippen LogP contribution in [0.25, 0.3) is 0 Å². The Morgan fingerprint density at radius 3 is 2.41 bits per heavy atom. The van der Waals surface area contributed by atoms with Crippen LogP contribution in [0.3, 0.4) is 0 Å². The molecule has 0 spiro atoms. The summed E-state index contributed by atoms with van der Waals surface area (Å²) >= 11 is 6.27. The molecule has 0 unspecified atom stereocenters. The quantitative estimate of drug-likeness (QED) is 0.456. The molecule has 0 saturated carbocycles. The summed E-state index contributed by atoms with van der Waals surface area (Å²) < 4.78 is 15.2. The molecule has 0 bridgehead atoms. The van der Waals surface area contributed by atoms with Crippen molar-refractivity contribution in [2.24, 2.45) is 0 Å². The molecule has 0 aliphatic rings. The summed E-state index contributed by atoms with van der Waals surface area (Å²) in [6.45, 7) is 0. The molecule has 17 heavy (non-hydrogen) atoms. The molecule has 7 heteroatoms. The highest BCUT2D eigenvalue weighted by atomic mass is 32.9. The number of ether oxygens (including phenoxy) is 1. The van der Waals surface area contributed by atoms with Gasteiger partial charge in [0, 0.05) is 14.2 Å². The van der Waals surface area contributed by atoms with Gasteiger partial charge in [-0.15, -0.1) is 0 Å². The average molecular weight is 292 g/mol. The van der Waals surface area contributed by atoms with Crippen molar-refractivity contribution in [3.63, 3.8) is 0 Å². The van der Waals surface area contributed by atoms with Crippen molar-refractivity contribution in [2.75, 3.05) is 20.0 Å². The van der Waals surface area contributed by atoms with Crippen LogP contribution in [0.5, 0.6) is 5.75 Å². The maximum atomic E-state index is 11.5. The van der Waals surface area contributed by atoms with E-state index in [-0.39, 0.29) is 11.7 Å². The molecular weight excluding hydrogens is 279 g/mol. The number of carbonyl (C=O) groups is 1. The van der Waals surface area contributed by atoms with E-state index in [9.17, 15) is 4.79 Å². The second-order valence-electron chi connectivity index (χ2n) is 2.87. The van der Waals surface area contributed by atoms with Crippen molar-refractivity contribution in [2.45, 2.75) is 0 Å². The number of esters is 1. The minimum absolute atomic E-state index is 0.105. The average Bonchev–Trinajstić information content (AvgIpc) is 2.37. The summed E-state index contributed by atoms with van der Waals surface area (Å²) in [7, 11) is 2.94. The van der Waals surface area contributed by atoms with E-state index in [0.29, 0.717) is 5.75 Å². The van der Waals surface area contributed by atoms with E-state index < -0.39 is 5.69 Å². The third-order valence-electron chi connectivity index (χ3n) is 1.76. The van der Waals surface area contributed by atoms with Crippen LogP contribution < -0.4 is 4.74 Å². The zero-order valence-corrected chi connectivity index (χ0v) is 12.0. The molecule has 0 aliphatic carbocycles. The molecule has 1 aromatic carbocycles. The first-order valence-electron chi connectivity index (χ1n) is 4.71. The highest BCUT2D eigenvalue weighted by Gasteiger charge is 2.19. The number of para-hydroxylation sites is 1. The first-order chi connectivity index (χ1) is 8.09. The molecule has 94 valence electrons. The summed E-state index contributed by atoms with van der Waals surface area (Å²) in [6.07, 6.45) is 0. The van der Waals surface area contributed by atoms with Gasteiger partial charge in [-0.2, -0.15) is 0 Å². The van der Waals surface area contributed by atoms with E-state index in [1.54, 1.807) is 24.3 Å². The highest BCUT2D eigenvalue weighted by molar-refractivity contribution is 8.68. The molecule has 0 fully saturated rings. The third-order valence-corrected chi connectivity index (χ3v) is 7.41. The Kier molecular flexibility index (Phi) is 6.16. The first-order valence-corrected chi connectivity index (χ1v) is 8.94. The van der Waals surface area contributed by atoms with Gasteiger partial charge in [0.1, 0.15) is 11.5 Å². The summed E-state index contributed by atoms with van der Waals surface area (Å²) in [5.41, 5.74) is -2.39. The van der Waals surface area contributed by atoms with Gasteiger partial charge in [-0.3, -0.25) is 4.79 Å². The molecule has 1 aromatic rings. The van der Waals surface area contributed by atoms with Gasteiger partial charge < -0.3 is 13.8 Å². The molecule has 0 aromatic heterocycles. The lowest BCUT2D eigenvalue weighted by Crippen LogP contribution is -2.10. The Balaban J connectivity index is 2.43. The predicted molar refractivity (Wildman–Crippen MR) is 72.8 cm³/mol. The van der Waals surface area contributed by atoms with Gasteiger partial charge in [-0.25, -0.2) is 0 Å². The molecule has 0 aliphatic heterocycles. The smallest absolute Gasteiger partial charge is 0.321 e. The Morgan fingerprint density at radius 2 is 1.88 bits per heavy atom. The van der Waals surface area contributed by atoms with Crippen LogP contribution in [0.4, 0.5) is 0 Å². The molecule has 0 amide bonds. The first kappa shape index (κ1) is 14.7. The van der Waals surface area contributed by atoms with E-state index in [4.69, 9.17) is 25.6 Å². The number of hydrogen-bond donors (Lipinski definition) is 0. The van der Waals surface area contributed by atoms with Gasteiger partial charge in [0.15, 0.2) is 0 Å². The minimum atomic E-state index is -2.39. The summed E-state index contributed by atoms with van der Waals surface area (Å²) in [6, 6.07) is 8.87. The number of carbonyl (C=O) groups excluding carboxylic acids is 1. The van der Waals surface area contributed by atoms with Crippen molar-refractivity contribution in [1.29, 1.82) is 0 Å². The summed E-state index contributed by atoms with van der Waals surface area (Å²) in [5, 5.41) is 0. The molecule has 4 nitrogen and oxygen atoms in total. The van der Waals surface area contributed by atoms with Crippen molar-refractivity contribution >= 4 is 34.9 Å². The van der Waals surface area contributed by atoms with Crippen LogP contribution in [-0.4, -0.2) is 25.9 Å². The largest absolute Gasteiger partial charge is 0.426 e. The van der Waals surface area contributed by atoms with Crippen LogP contribution in [0.1, 0.15) is 0 Å². The van der Waals surface area contributed by atoms with Gasteiger partial charge in [0.2, 0.25) is 5.69 Å². The van der Waals surface area contributed by atoms with E-state index in [2.05, 4.69) is 0 Å². The Hall–Kier alpha value is -0.390. The molecule has 0 radical (unpaired) electrons. The maximum absolute atomic E-state index is 11.5. The molecule has 0 saturated heterocycles. The topological polar surface area (TPSA) is 44.8 Å². The third kappa shape index (κ3) is 5.19. The van der Waals surface area contributed by atoms with E-state index >= 15 is 0 Å². The van der Waals surface area contributed by atoms with E-state index in [0.717, 1.165) is 11.4 Å². The lowest BCUT2D eigenvalue weighted by atomic mass is 10.3. The molecule has 0 heterocycles. The highest BCUT2D eigenvalue weighted by Crippen LogP contribution is 2.59. The Labute approximate surface area is 110 Å². The second kappa shape index (κ2) is 7.13. The number of hydrogen-bond acceptors (Lipinski definition) is 6. The maximum Gasteiger partial charge on any atom is 0.321 e. The minimum Gasteiger partial charge on any atom is -0.426 e. The van der Waals surface area contributed by atoms with Crippen LogP contribution >= 0.6 is 17.1 Å². The van der Waals surface area contributed by atoms with E-state index in [1.165, 1.54) is 14.2 Å². The fraction of sp³-hybridized carbons (Fsp3) is 0.300. The Bertz CT molecular complexity index is 402. The summed E-state index contributed by atoms with van der Waals surface area (Å²) in [4.78, 5) is 11.5. The lowest BCUT2D eigenvalue weighted by Gasteiger charge is -2.15. The number of rotatable bonds is 6. The van der Waals surface area contributed by atoms with Crippen molar-refractivity contribution < 1.29 is 18.6 Å². The SMILES string of the molecule is COP(=S)(OC)SCC(=O)Oc1ccccc1. The number of benzene rings is 1. The zero-order valence-electron chi connectivity index (χ0n) is 9.49. The van der Waals surface area contributed by atoms with Crippen LogP contribution in [0.2, 0.25) is 0 Å². The monoisotopic (exact) mass is 292 g/mol. The second-order valence-corrected chi connectivity index (χ2v) is 9.40. The van der Waals surface area contributed by atoms with Crippen molar-refractivity contribution in [1.82, 2.24) is 0 Å². The standard InChI is InChI=1S/C10H13O4PS2/c1-12-15(16,13-2)17-8-10(11)14-9-6-4-3-5-7-9/h3-7H,8H2,1-2H3. The van der Waals surface area contributed by atoms with Gasteiger partial charge in [-0.1, -0.05) is 29.6 Å². The molecular formula is C10H13O4PS2. The molecule has 0 atom stereocenters. The van der Waals surface area contributed by atoms with Gasteiger partial charge in [0.05, 0.1) is 0 Å². The summed E-state index contributed by atoms with van der Waals surface area (Å²) in [5.74, 6) is 0.249. The Morgan fingerprint density at radius 1 is 1.29 bits per heavy atom.